The molecule has 1 unspecified atom stereocenters. The number of hydrogen-bond acceptors (Lipinski definition) is 5. The van der Waals surface area contributed by atoms with E-state index in [1.807, 2.05) is 0 Å². The van der Waals surface area contributed by atoms with Gasteiger partial charge in [-0.05, 0) is 11.6 Å². The van der Waals surface area contributed by atoms with Gasteiger partial charge < -0.3 is 19.5 Å². The molecule has 0 spiro atoms. The molecule has 0 aliphatic carbocycles. The van der Waals surface area contributed by atoms with Gasteiger partial charge in [0.25, 0.3) is 5.88 Å². The van der Waals surface area contributed by atoms with E-state index in [1.54, 1.807) is 6.07 Å². The molecule has 152 valence electrons. The minimum absolute atomic E-state index is 0.0290. The number of aliphatic hydroxyl groups excluding tert-OH is 2. The average molecular weight is 370 g/mol. The molecule has 1 aromatic rings. The van der Waals surface area contributed by atoms with E-state index in [2.05, 4.69) is 12.1 Å². The van der Waals surface area contributed by atoms with Crippen molar-refractivity contribution in [2.45, 2.75) is 103 Å². The number of ether oxygens (including phenoxy) is 1. The Morgan fingerprint density at radius 2 is 1.46 bits per heavy atom. The molecule has 2 N–H and O–H groups in total. The third-order valence-corrected chi connectivity index (χ3v) is 4.70. The Hall–Kier alpha value is -1.07. The van der Waals surface area contributed by atoms with Gasteiger partial charge in [0, 0.05) is 12.5 Å². The van der Waals surface area contributed by atoms with Crippen LogP contribution in [0.25, 0.3) is 0 Å². The molecule has 0 saturated heterocycles. The summed E-state index contributed by atoms with van der Waals surface area (Å²) in [7, 11) is 0. The topological polar surface area (TPSA) is 75.7 Å². The highest BCUT2D eigenvalue weighted by atomic mass is 16.5. The standard InChI is InChI=1S/C21H39NO4/c1-2-3-4-5-6-7-8-9-10-11-12-13-14-15-20-16-21(22-26-20)25-18-19(24)17-23/h16,19,23-24H,2-15,17-18H2,1H3. The maximum Gasteiger partial charge on any atom is 0.254 e. The van der Waals surface area contributed by atoms with E-state index < -0.39 is 6.10 Å². The lowest BCUT2D eigenvalue weighted by molar-refractivity contribution is 0.0509. The Balaban J connectivity index is 1.88. The van der Waals surface area contributed by atoms with Crippen LogP contribution < -0.4 is 4.74 Å². The lowest BCUT2D eigenvalue weighted by atomic mass is 10.0. The Kier molecular flexibility index (Phi) is 14.2. The van der Waals surface area contributed by atoms with Crippen LogP contribution in [-0.4, -0.2) is 34.7 Å². The predicted molar refractivity (Wildman–Crippen MR) is 104 cm³/mol. The van der Waals surface area contributed by atoms with Crippen LogP contribution in [0.1, 0.15) is 96.2 Å². The molecule has 0 saturated carbocycles. The van der Waals surface area contributed by atoms with Crippen LogP contribution in [-0.2, 0) is 6.42 Å². The second-order valence-corrected chi connectivity index (χ2v) is 7.27. The van der Waals surface area contributed by atoms with Crippen molar-refractivity contribution < 1.29 is 19.5 Å². The van der Waals surface area contributed by atoms with Crippen LogP contribution in [0, 0.1) is 0 Å². The van der Waals surface area contributed by atoms with Crippen LogP contribution in [0.5, 0.6) is 5.88 Å². The normalized spacial score (nSPS) is 12.4. The molecule has 1 rings (SSSR count). The van der Waals surface area contributed by atoms with E-state index in [-0.39, 0.29) is 13.2 Å². The van der Waals surface area contributed by atoms with Gasteiger partial charge in [0.1, 0.15) is 18.5 Å². The molecule has 0 aromatic carbocycles. The van der Waals surface area contributed by atoms with Gasteiger partial charge in [-0.25, -0.2) is 0 Å². The summed E-state index contributed by atoms with van der Waals surface area (Å²) in [4.78, 5) is 0. The van der Waals surface area contributed by atoms with E-state index >= 15 is 0 Å². The first-order valence-electron chi connectivity index (χ1n) is 10.6. The Labute approximate surface area is 159 Å². The zero-order chi connectivity index (χ0) is 18.9. The molecule has 1 aromatic heterocycles. The largest absolute Gasteiger partial charge is 0.473 e. The fourth-order valence-corrected chi connectivity index (χ4v) is 3.03. The third kappa shape index (κ3) is 12.3. The average Bonchev–Trinajstić information content (AvgIpc) is 3.11. The summed E-state index contributed by atoms with van der Waals surface area (Å²) in [6.07, 6.45) is 17.5. The number of aryl methyl sites for hydroxylation is 1. The van der Waals surface area contributed by atoms with Gasteiger partial charge >= 0.3 is 0 Å². The number of nitrogens with zero attached hydrogens (tertiary/aromatic N) is 1. The van der Waals surface area contributed by atoms with Gasteiger partial charge in [-0.3, -0.25) is 0 Å². The van der Waals surface area contributed by atoms with E-state index in [0.29, 0.717) is 5.88 Å². The molecule has 0 radical (unpaired) electrons. The van der Waals surface area contributed by atoms with Gasteiger partial charge in [-0.1, -0.05) is 84.0 Å². The van der Waals surface area contributed by atoms with E-state index in [1.165, 1.54) is 77.0 Å². The maximum absolute atomic E-state index is 9.23. The molecule has 5 nitrogen and oxygen atoms in total. The highest BCUT2D eigenvalue weighted by Crippen LogP contribution is 2.16. The minimum atomic E-state index is -0.879. The highest BCUT2D eigenvalue weighted by Gasteiger charge is 2.08. The Morgan fingerprint density at radius 1 is 0.923 bits per heavy atom. The van der Waals surface area contributed by atoms with Gasteiger partial charge in [0.15, 0.2) is 0 Å². The smallest absolute Gasteiger partial charge is 0.254 e. The molecule has 1 atom stereocenters. The van der Waals surface area contributed by atoms with Crippen molar-refractivity contribution in [3.05, 3.63) is 11.8 Å². The molecule has 0 amide bonds. The summed E-state index contributed by atoms with van der Waals surface area (Å²) in [5.41, 5.74) is 0. The van der Waals surface area contributed by atoms with E-state index in [0.717, 1.165) is 18.6 Å². The van der Waals surface area contributed by atoms with Crippen molar-refractivity contribution in [3.63, 3.8) is 0 Å². The van der Waals surface area contributed by atoms with Crippen LogP contribution >= 0.6 is 0 Å². The number of hydrogen-bond donors (Lipinski definition) is 2. The van der Waals surface area contributed by atoms with Crippen LogP contribution in [0.3, 0.4) is 0 Å². The first-order valence-corrected chi connectivity index (χ1v) is 10.6. The summed E-state index contributed by atoms with van der Waals surface area (Å²) < 4.78 is 10.5. The lowest BCUT2D eigenvalue weighted by Crippen LogP contribution is -2.21. The van der Waals surface area contributed by atoms with Crippen LogP contribution in [0.4, 0.5) is 0 Å². The zero-order valence-electron chi connectivity index (χ0n) is 16.6. The summed E-state index contributed by atoms with van der Waals surface area (Å²) >= 11 is 0. The number of unbranched alkanes of at least 4 members (excludes halogenated alkanes) is 12. The van der Waals surface area contributed by atoms with Gasteiger partial charge in [-0.15, -0.1) is 0 Å². The molecule has 0 fully saturated rings. The molecule has 1 heterocycles. The van der Waals surface area contributed by atoms with Crippen molar-refractivity contribution in [1.29, 1.82) is 0 Å². The molecule has 0 aliphatic rings. The third-order valence-electron chi connectivity index (χ3n) is 4.70. The predicted octanol–water partition coefficient (Wildman–Crippen LogP) is 5.04. The highest BCUT2D eigenvalue weighted by molar-refractivity contribution is 5.11. The monoisotopic (exact) mass is 369 g/mol. The van der Waals surface area contributed by atoms with Crippen molar-refractivity contribution in [3.8, 4) is 5.88 Å². The zero-order valence-corrected chi connectivity index (χ0v) is 16.6. The Bertz CT molecular complexity index is 422. The SMILES string of the molecule is CCCCCCCCCCCCCCCc1cc(OCC(O)CO)no1. The number of aromatic nitrogens is 1. The van der Waals surface area contributed by atoms with Crippen LogP contribution in [0.15, 0.2) is 10.6 Å². The molecular weight excluding hydrogens is 330 g/mol. The Morgan fingerprint density at radius 3 is 2.00 bits per heavy atom. The van der Waals surface area contributed by atoms with Crippen molar-refractivity contribution in [2.24, 2.45) is 0 Å². The molecule has 0 aliphatic heterocycles. The van der Waals surface area contributed by atoms with Crippen LogP contribution in [0.2, 0.25) is 0 Å². The van der Waals surface area contributed by atoms with Crippen molar-refractivity contribution >= 4 is 0 Å². The number of rotatable bonds is 18. The van der Waals surface area contributed by atoms with Gasteiger partial charge in [0.2, 0.25) is 0 Å². The van der Waals surface area contributed by atoms with Gasteiger partial charge in [0.05, 0.1) is 6.61 Å². The first-order chi connectivity index (χ1) is 12.8. The lowest BCUT2D eigenvalue weighted by Gasteiger charge is -2.05. The van der Waals surface area contributed by atoms with Crippen molar-refractivity contribution in [1.82, 2.24) is 5.16 Å². The first kappa shape index (κ1) is 23.0. The minimum Gasteiger partial charge on any atom is -0.473 e. The number of aliphatic hydroxyl groups is 2. The molecule has 0 bridgehead atoms. The molecule has 5 heteroatoms. The summed E-state index contributed by atoms with van der Waals surface area (Å²) in [6.45, 7) is 1.98. The molecule has 26 heavy (non-hydrogen) atoms. The maximum atomic E-state index is 9.23. The van der Waals surface area contributed by atoms with E-state index in [9.17, 15) is 5.11 Å². The van der Waals surface area contributed by atoms with Gasteiger partial charge in [-0.2, -0.15) is 0 Å². The second kappa shape index (κ2) is 16.1. The summed E-state index contributed by atoms with van der Waals surface area (Å²) in [6, 6.07) is 1.77. The fourth-order valence-electron chi connectivity index (χ4n) is 3.03. The quantitative estimate of drug-likeness (QED) is 0.355. The fraction of sp³-hybridized carbons (Fsp3) is 0.857. The summed E-state index contributed by atoms with van der Waals surface area (Å²) in [5.74, 6) is 1.20. The summed E-state index contributed by atoms with van der Waals surface area (Å²) in [5, 5.41) is 21.8. The van der Waals surface area contributed by atoms with E-state index in [4.69, 9.17) is 14.4 Å². The molecular formula is C21H39NO4. The second-order valence-electron chi connectivity index (χ2n) is 7.27. The van der Waals surface area contributed by atoms with Crippen molar-refractivity contribution in [2.75, 3.05) is 13.2 Å².